The van der Waals surface area contributed by atoms with Crippen molar-refractivity contribution in [2.75, 3.05) is 11.9 Å². The zero-order chi connectivity index (χ0) is 17.7. The van der Waals surface area contributed by atoms with Crippen LogP contribution in [0.15, 0.2) is 35.7 Å². The predicted octanol–water partition coefficient (Wildman–Crippen LogP) is 3.75. The van der Waals surface area contributed by atoms with Crippen molar-refractivity contribution in [1.82, 2.24) is 0 Å². The normalized spacial score (nSPS) is 11.0. The minimum absolute atomic E-state index is 0.248. The van der Waals surface area contributed by atoms with Gasteiger partial charge in [-0.2, -0.15) is 0 Å². The average molecular weight is 359 g/mol. The van der Waals surface area contributed by atoms with Crippen LogP contribution >= 0.6 is 11.3 Å². The van der Waals surface area contributed by atoms with Gasteiger partial charge < -0.3 is 14.8 Å². The van der Waals surface area contributed by atoms with Gasteiger partial charge in [-0.1, -0.05) is 0 Å². The molecule has 9 heteroatoms. The van der Waals surface area contributed by atoms with Crippen LogP contribution in [0.4, 0.5) is 18.9 Å². The summed E-state index contributed by atoms with van der Waals surface area (Å²) < 4.78 is 44.7. The highest BCUT2D eigenvalue weighted by Crippen LogP contribution is 2.24. The molecule has 2 aromatic rings. The van der Waals surface area contributed by atoms with E-state index < -0.39 is 30.6 Å². The lowest BCUT2D eigenvalue weighted by molar-refractivity contribution is -0.274. The number of halogens is 3. The molecule has 0 atom stereocenters. The number of esters is 1. The monoisotopic (exact) mass is 359 g/mol. The Morgan fingerprint density at radius 2 is 1.83 bits per heavy atom. The van der Waals surface area contributed by atoms with Crippen molar-refractivity contribution >= 4 is 28.9 Å². The van der Waals surface area contributed by atoms with Gasteiger partial charge in [0.05, 0.1) is 0 Å². The largest absolute Gasteiger partial charge is 0.573 e. The van der Waals surface area contributed by atoms with Crippen molar-refractivity contribution in [3.8, 4) is 5.75 Å². The fraction of sp³-hybridized carbons (Fsp3) is 0.200. The summed E-state index contributed by atoms with van der Waals surface area (Å²) in [5.41, 5.74) is 1.00. The van der Waals surface area contributed by atoms with E-state index in [0.717, 1.165) is 17.7 Å². The van der Waals surface area contributed by atoms with Crippen molar-refractivity contribution in [1.29, 1.82) is 0 Å². The van der Waals surface area contributed by atoms with Crippen LogP contribution in [-0.4, -0.2) is 24.8 Å². The van der Waals surface area contributed by atoms with Gasteiger partial charge in [0.15, 0.2) is 6.61 Å². The molecular formula is C15H12F3NO4S. The fourth-order valence-electron chi connectivity index (χ4n) is 1.72. The van der Waals surface area contributed by atoms with Gasteiger partial charge in [-0.3, -0.25) is 4.79 Å². The summed E-state index contributed by atoms with van der Waals surface area (Å²) >= 11 is 1.21. The van der Waals surface area contributed by atoms with Gasteiger partial charge in [-0.05, 0) is 48.2 Å². The van der Waals surface area contributed by atoms with Gasteiger partial charge in [0.1, 0.15) is 10.6 Å². The number of rotatable bonds is 5. The first-order chi connectivity index (χ1) is 11.2. The number of aryl methyl sites for hydroxylation is 1. The zero-order valence-electron chi connectivity index (χ0n) is 12.3. The Bertz CT molecular complexity index is 725. The number of amides is 1. The first-order valence-corrected chi connectivity index (χ1v) is 7.49. The molecule has 1 aromatic heterocycles. The van der Waals surface area contributed by atoms with E-state index in [-0.39, 0.29) is 5.69 Å². The van der Waals surface area contributed by atoms with Crippen LogP contribution in [0, 0.1) is 6.92 Å². The van der Waals surface area contributed by atoms with Gasteiger partial charge in [0.2, 0.25) is 0 Å². The number of hydrogen-bond acceptors (Lipinski definition) is 5. The van der Waals surface area contributed by atoms with E-state index in [9.17, 15) is 22.8 Å². The fourth-order valence-corrected chi connectivity index (χ4v) is 2.53. The lowest BCUT2D eigenvalue weighted by atomic mass is 10.3. The Hall–Kier alpha value is -2.55. The third-order valence-corrected chi connectivity index (χ3v) is 3.75. The molecule has 128 valence electrons. The van der Waals surface area contributed by atoms with Crippen molar-refractivity contribution < 1.29 is 32.2 Å². The molecule has 0 saturated carbocycles. The standard InChI is InChI=1S/C15H12F3NO4S/c1-9-6-7-24-13(9)14(21)22-8-12(20)19-10-2-4-11(5-3-10)23-15(16,17)18/h2-7H,8H2,1H3,(H,19,20). The molecule has 0 unspecified atom stereocenters. The van der Waals surface area contributed by atoms with Crippen molar-refractivity contribution in [3.05, 3.63) is 46.2 Å². The third-order valence-electron chi connectivity index (χ3n) is 2.75. The second-order valence-electron chi connectivity index (χ2n) is 4.63. The molecule has 0 saturated heterocycles. The molecule has 1 N–H and O–H groups in total. The Kier molecular flexibility index (Phi) is 5.45. The predicted molar refractivity (Wildman–Crippen MR) is 81.1 cm³/mol. The molecule has 2 rings (SSSR count). The Labute approximate surface area is 139 Å². The van der Waals surface area contributed by atoms with Gasteiger partial charge in [0.25, 0.3) is 5.91 Å². The van der Waals surface area contributed by atoms with E-state index in [1.165, 1.54) is 23.5 Å². The second kappa shape index (κ2) is 7.35. The van der Waals surface area contributed by atoms with E-state index in [4.69, 9.17) is 4.74 Å². The van der Waals surface area contributed by atoms with Crippen LogP contribution in [0.3, 0.4) is 0 Å². The summed E-state index contributed by atoms with van der Waals surface area (Å²) in [4.78, 5) is 23.8. The number of nitrogens with one attached hydrogen (secondary N) is 1. The number of benzene rings is 1. The minimum Gasteiger partial charge on any atom is -0.451 e. The number of alkyl halides is 3. The van der Waals surface area contributed by atoms with Gasteiger partial charge >= 0.3 is 12.3 Å². The summed E-state index contributed by atoms with van der Waals surface area (Å²) in [6.45, 7) is 1.24. The highest BCUT2D eigenvalue weighted by molar-refractivity contribution is 7.12. The molecular weight excluding hydrogens is 347 g/mol. The molecule has 1 heterocycles. The molecule has 0 radical (unpaired) electrons. The summed E-state index contributed by atoms with van der Waals surface area (Å²) in [5.74, 6) is -1.62. The first kappa shape index (κ1) is 17.8. The van der Waals surface area contributed by atoms with Crippen LogP contribution in [0.25, 0.3) is 0 Å². The van der Waals surface area contributed by atoms with E-state index in [2.05, 4.69) is 10.1 Å². The van der Waals surface area contributed by atoms with Crippen LogP contribution < -0.4 is 10.1 Å². The number of anilines is 1. The summed E-state index contributed by atoms with van der Waals surface area (Å²) in [7, 11) is 0. The molecule has 0 aliphatic carbocycles. The molecule has 24 heavy (non-hydrogen) atoms. The highest BCUT2D eigenvalue weighted by atomic mass is 32.1. The Morgan fingerprint density at radius 1 is 1.17 bits per heavy atom. The summed E-state index contributed by atoms with van der Waals surface area (Å²) in [6, 6.07) is 6.36. The number of ether oxygens (including phenoxy) is 2. The topological polar surface area (TPSA) is 64.6 Å². The molecule has 0 fully saturated rings. The SMILES string of the molecule is Cc1ccsc1C(=O)OCC(=O)Nc1ccc(OC(F)(F)F)cc1. The Morgan fingerprint density at radius 3 is 2.38 bits per heavy atom. The van der Waals surface area contributed by atoms with Gasteiger partial charge in [-0.15, -0.1) is 24.5 Å². The van der Waals surface area contributed by atoms with Gasteiger partial charge in [0, 0.05) is 5.69 Å². The molecule has 1 amide bonds. The lowest BCUT2D eigenvalue weighted by Gasteiger charge is -2.10. The van der Waals surface area contributed by atoms with Gasteiger partial charge in [-0.25, -0.2) is 4.79 Å². The van der Waals surface area contributed by atoms with Crippen LogP contribution in [-0.2, 0) is 9.53 Å². The second-order valence-corrected chi connectivity index (χ2v) is 5.55. The highest BCUT2D eigenvalue weighted by Gasteiger charge is 2.30. The van der Waals surface area contributed by atoms with Crippen LogP contribution in [0.2, 0.25) is 0 Å². The third kappa shape index (κ3) is 5.27. The van der Waals surface area contributed by atoms with Crippen molar-refractivity contribution in [2.45, 2.75) is 13.3 Å². The van der Waals surface area contributed by atoms with Crippen molar-refractivity contribution in [3.63, 3.8) is 0 Å². The summed E-state index contributed by atoms with van der Waals surface area (Å²) in [5, 5.41) is 4.13. The molecule has 5 nitrogen and oxygen atoms in total. The molecule has 0 bridgehead atoms. The average Bonchev–Trinajstić information content (AvgIpc) is 2.91. The minimum atomic E-state index is -4.78. The lowest BCUT2D eigenvalue weighted by Crippen LogP contribution is -2.21. The summed E-state index contributed by atoms with van der Waals surface area (Å²) in [6.07, 6.45) is -4.78. The maximum absolute atomic E-state index is 12.0. The number of carbonyl (C=O) groups is 2. The van der Waals surface area contributed by atoms with E-state index in [1.807, 2.05) is 0 Å². The number of carbonyl (C=O) groups excluding carboxylic acids is 2. The van der Waals surface area contributed by atoms with E-state index >= 15 is 0 Å². The molecule has 1 aromatic carbocycles. The maximum Gasteiger partial charge on any atom is 0.573 e. The van der Waals surface area contributed by atoms with Crippen LogP contribution in [0.5, 0.6) is 5.75 Å². The Balaban J connectivity index is 1.84. The number of hydrogen-bond donors (Lipinski definition) is 1. The molecule has 0 spiro atoms. The van der Waals surface area contributed by atoms with E-state index in [1.54, 1.807) is 18.4 Å². The first-order valence-electron chi connectivity index (χ1n) is 6.61. The van der Waals surface area contributed by atoms with Crippen molar-refractivity contribution in [2.24, 2.45) is 0 Å². The zero-order valence-corrected chi connectivity index (χ0v) is 13.2. The molecule has 0 aliphatic heterocycles. The van der Waals surface area contributed by atoms with E-state index in [0.29, 0.717) is 4.88 Å². The number of thiophene rings is 1. The molecule has 0 aliphatic rings. The quantitative estimate of drug-likeness (QED) is 0.826. The maximum atomic E-state index is 12.0. The van der Waals surface area contributed by atoms with Crippen LogP contribution in [0.1, 0.15) is 15.2 Å². The smallest absolute Gasteiger partial charge is 0.451 e.